The van der Waals surface area contributed by atoms with Gasteiger partial charge in [-0.1, -0.05) is 30.3 Å². The first-order valence-electron chi connectivity index (χ1n) is 9.20. The fourth-order valence-electron chi connectivity index (χ4n) is 2.93. The number of phenolic OH excluding ortho intramolecular Hbond substituents is 1. The third-order valence-electron chi connectivity index (χ3n) is 4.55. The van der Waals surface area contributed by atoms with Crippen LogP contribution in [0.15, 0.2) is 87.5 Å². The molecule has 6 nitrogen and oxygen atoms in total. The summed E-state index contributed by atoms with van der Waals surface area (Å²) in [4.78, 5) is -1.92. The number of sulfone groups is 1. The topological polar surface area (TPSA) is 101 Å². The van der Waals surface area contributed by atoms with E-state index in [1.807, 2.05) is 0 Å². The second-order valence-corrected chi connectivity index (χ2v) is 10.5. The quantitative estimate of drug-likeness (QED) is 0.531. The van der Waals surface area contributed by atoms with Crippen LogP contribution in [0.4, 0.5) is 13.2 Å². The van der Waals surface area contributed by atoms with Crippen molar-refractivity contribution in [1.82, 2.24) is 4.72 Å². The highest BCUT2D eigenvalue weighted by Crippen LogP contribution is 2.36. The van der Waals surface area contributed by atoms with Gasteiger partial charge in [-0.2, -0.15) is 13.2 Å². The molecule has 0 aliphatic carbocycles. The average molecular weight is 486 g/mol. The molecule has 32 heavy (non-hydrogen) atoms. The van der Waals surface area contributed by atoms with Crippen LogP contribution >= 0.6 is 0 Å². The summed E-state index contributed by atoms with van der Waals surface area (Å²) >= 11 is 0. The van der Waals surface area contributed by atoms with E-state index in [9.17, 15) is 35.1 Å². The predicted molar refractivity (Wildman–Crippen MR) is 110 cm³/mol. The molecular weight excluding hydrogens is 467 g/mol. The Morgan fingerprint density at radius 3 is 2.03 bits per heavy atom. The number of alkyl halides is 3. The van der Waals surface area contributed by atoms with Crippen molar-refractivity contribution in [2.75, 3.05) is 6.54 Å². The molecule has 0 radical (unpaired) electrons. The summed E-state index contributed by atoms with van der Waals surface area (Å²) < 4.78 is 93.5. The standard InChI is InChI=1S/C21H18F3NO5S2/c22-21(23,24)19-11-10-18(31(27,28)17-4-2-1-3-5-17)14-20(19)32(29,30)25-13-12-15-6-8-16(26)9-7-15/h1-11,14,25-26H,12-13H2. The number of rotatable bonds is 7. The molecule has 0 atom stereocenters. The number of nitrogens with one attached hydrogen (secondary N) is 1. The maximum atomic E-state index is 13.5. The van der Waals surface area contributed by atoms with E-state index in [1.165, 1.54) is 48.5 Å². The maximum absolute atomic E-state index is 13.5. The zero-order valence-electron chi connectivity index (χ0n) is 16.4. The Morgan fingerprint density at radius 1 is 0.812 bits per heavy atom. The van der Waals surface area contributed by atoms with Crippen molar-refractivity contribution < 1.29 is 35.1 Å². The highest BCUT2D eigenvalue weighted by molar-refractivity contribution is 7.91. The van der Waals surface area contributed by atoms with E-state index >= 15 is 0 Å². The van der Waals surface area contributed by atoms with Crippen LogP contribution in [-0.2, 0) is 32.5 Å². The van der Waals surface area contributed by atoms with E-state index < -0.39 is 41.4 Å². The van der Waals surface area contributed by atoms with Crippen LogP contribution in [0.25, 0.3) is 0 Å². The van der Waals surface area contributed by atoms with Crippen LogP contribution in [-0.4, -0.2) is 28.5 Å². The summed E-state index contributed by atoms with van der Waals surface area (Å²) in [6.07, 6.45) is -4.88. The van der Waals surface area contributed by atoms with E-state index in [0.29, 0.717) is 17.7 Å². The molecule has 11 heteroatoms. The van der Waals surface area contributed by atoms with Gasteiger partial charge in [0.05, 0.1) is 20.2 Å². The van der Waals surface area contributed by atoms with Crippen molar-refractivity contribution in [3.8, 4) is 5.75 Å². The Labute approximate surface area is 183 Å². The van der Waals surface area contributed by atoms with Crippen LogP contribution in [0.5, 0.6) is 5.75 Å². The minimum Gasteiger partial charge on any atom is -0.508 e. The summed E-state index contributed by atoms with van der Waals surface area (Å²) in [6, 6.07) is 14.6. The van der Waals surface area contributed by atoms with Gasteiger partial charge in [-0.05, 0) is 54.4 Å². The van der Waals surface area contributed by atoms with Gasteiger partial charge in [0.2, 0.25) is 19.9 Å². The monoisotopic (exact) mass is 485 g/mol. The molecule has 0 aliphatic heterocycles. The summed E-state index contributed by atoms with van der Waals surface area (Å²) in [5.41, 5.74) is -0.830. The van der Waals surface area contributed by atoms with Crippen molar-refractivity contribution in [3.63, 3.8) is 0 Å². The van der Waals surface area contributed by atoms with E-state index in [-0.39, 0.29) is 23.6 Å². The predicted octanol–water partition coefficient (Wildman–Crippen LogP) is 3.76. The molecule has 0 aliphatic rings. The first-order chi connectivity index (χ1) is 14.9. The van der Waals surface area contributed by atoms with Gasteiger partial charge >= 0.3 is 6.18 Å². The Bertz CT molecular complexity index is 1310. The summed E-state index contributed by atoms with van der Waals surface area (Å²) in [6.45, 7) is -0.236. The fourth-order valence-corrected chi connectivity index (χ4v) is 5.60. The van der Waals surface area contributed by atoms with Crippen LogP contribution in [0.3, 0.4) is 0 Å². The first kappa shape index (κ1) is 23.8. The minimum absolute atomic E-state index is 0.0144. The van der Waals surface area contributed by atoms with Gasteiger partial charge in [-0.15, -0.1) is 0 Å². The van der Waals surface area contributed by atoms with E-state index in [4.69, 9.17) is 0 Å². The van der Waals surface area contributed by atoms with Gasteiger partial charge in [0.1, 0.15) is 5.75 Å². The van der Waals surface area contributed by atoms with Gasteiger partial charge < -0.3 is 5.11 Å². The molecule has 3 rings (SSSR count). The van der Waals surface area contributed by atoms with Gasteiger partial charge in [-0.3, -0.25) is 0 Å². The molecule has 0 heterocycles. The Hall–Kier alpha value is -2.89. The molecule has 0 aromatic heterocycles. The number of halogens is 3. The van der Waals surface area contributed by atoms with Crippen molar-refractivity contribution in [3.05, 3.63) is 83.9 Å². The molecule has 170 valence electrons. The van der Waals surface area contributed by atoms with Crippen LogP contribution in [0.2, 0.25) is 0 Å². The van der Waals surface area contributed by atoms with E-state index in [2.05, 4.69) is 4.72 Å². The molecule has 0 amide bonds. The van der Waals surface area contributed by atoms with Gasteiger partial charge in [0.15, 0.2) is 0 Å². The minimum atomic E-state index is -5.02. The molecule has 0 fully saturated rings. The summed E-state index contributed by atoms with van der Waals surface area (Å²) in [7, 11) is -8.94. The Balaban J connectivity index is 1.97. The molecular formula is C21H18F3NO5S2. The molecule has 3 aromatic carbocycles. The lowest BCUT2D eigenvalue weighted by Crippen LogP contribution is -2.28. The summed E-state index contributed by atoms with van der Waals surface area (Å²) in [5, 5.41) is 9.27. The second kappa shape index (κ2) is 8.93. The SMILES string of the molecule is O=S(=O)(NCCc1ccc(O)cc1)c1cc(S(=O)(=O)c2ccccc2)ccc1C(F)(F)F. The smallest absolute Gasteiger partial charge is 0.417 e. The first-order valence-corrected chi connectivity index (χ1v) is 12.2. The largest absolute Gasteiger partial charge is 0.508 e. The molecule has 0 unspecified atom stereocenters. The lowest BCUT2D eigenvalue weighted by molar-refractivity contribution is -0.139. The number of aromatic hydroxyl groups is 1. The molecule has 3 aromatic rings. The van der Waals surface area contributed by atoms with Gasteiger partial charge in [0.25, 0.3) is 0 Å². The molecule has 0 bridgehead atoms. The molecule has 0 saturated heterocycles. The number of hydrogen-bond acceptors (Lipinski definition) is 5. The van der Waals surface area contributed by atoms with Crippen molar-refractivity contribution >= 4 is 19.9 Å². The zero-order chi connectivity index (χ0) is 23.6. The van der Waals surface area contributed by atoms with Crippen molar-refractivity contribution in [1.29, 1.82) is 0 Å². The van der Waals surface area contributed by atoms with E-state index in [0.717, 1.165) is 6.07 Å². The zero-order valence-corrected chi connectivity index (χ0v) is 18.0. The van der Waals surface area contributed by atoms with Gasteiger partial charge in [0, 0.05) is 6.54 Å². The van der Waals surface area contributed by atoms with Crippen LogP contribution in [0, 0.1) is 0 Å². The second-order valence-electron chi connectivity index (χ2n) is 6.79. The highest BCUT2D eigenvalue weighted by atomic mass is 32.2. The normalized spacial score (nSPS) is 12.6. The van der Waals surface area contributed by atoms with Crippen molar-refractivity contribution in [2.45, 2.75) is 27.3 Å². The summed E-state index contributed by atoms with van der Waals surface area (Å²) in [5.74, 6) is 0.0144. The lowest BCUT2D eigenvalue weighted by atomic mass is 10.1. The van der Waals surface area contributed by atoms with Crippen LogP contribution < -0.4 is 4.72 Å². The number of benzene rings is 3. The van der Waals surface area contributed by atoms with Crippen LogP contribution in [0.1, 0.15) is 11.1 Å². The number of hydrogen-bond donors (Lipinski definition) is 2. The fraction of sp³-hybridized carbons (Fsp3) is 0.143. The molecule has 2 N–H and O–H groups in total. The third kappa shape index (κ3) is 5.29. The number of sulfonamides is 1. The molecule has 0 saturated carbocycles. The van der Waals surface area contributed by atoms with Crippen molar-refractivity contribution in [2.24, 2.45) is 0 Å². The average Bonchev–Trinajstić information content (AvgIpc) is 2.74. The molecule has 0 spiro atoms. The maximum Gasteiger partial charge on any atom is 0.417 e. The highest BCUT2D eigenvalue weighted by Gasteiger charge is 2.38. The third-order valence-corrected chi connectivity index (χ3v) is 7.82. The number of phenols is 1. The van der Waals surface area contributed by atoms with E-state index in [1.54, 1.807) is 6.07 Å². The van der Waals surface area contributed by atoms with Gasteiger partial charge in [-0.25, -0.2) is 21.6 Å². The Morgan fingerprint density at radius 2 is 1.44 bits per heavy atom. The Kier molecular flexibility index (Phi) is 6.63. The lowest BCUT2D eigenvalue weighted by Gasteiger charge is -2.16.